The molecule has 1 aliphatic heterocycles. The fraction of sp³-hybridized carbons (Fsp3) is 0.222. The zero-order chi connectivity index (χ0) is 10.1. The maximum atomic E-state index is 13.2. The topological polar surface area (TPSA) is 47.6 Å². The van der Waals surface area contributed by atoms with Crippen LogP contribution in [0.1, 0.15) is 11.8 Å². The van der Waals surface area contributed by atoms with Crippen LogP contribution in [0.4, 0.5) is 9.18 Å². The molecule has 0 spiro atoms. The van der Waals surface area contributed by atoms with Gasteiger partial charge in [-0.3, -0.25) is 5.32 Å². The van der Waals surface area contributed by atoms with Gasteiger partial charge in [0.25, 0.3) is 0 Å². The zero-order valence-corrected chi connectivity index (χ0v) is 7.41. The number of para-hydroxylation sites is 1. The molecule has 0 fully saturated rings. The summed E-state index contributed by atoms with van der Waals surface area (Å²) in [7, 11) is 1.42. The zero-order valence-electron chi connectivity index (χ0n) is 7.41. The number of methoxy groups -OCH3 is 1. The Balaban J connectivity index is 2.50. The smallest absolute Gasteiger partial charge is 0.407 e. The van der Waals surface area contributed by atoms with Gasteiger partial charge in [0.1, 0.15) is 0 Å². The lowest BCUT2D eigenvalue weighted by Crippen LogP contribution is -2.37. The van der Waals surface area contributed by atoms with Crippen LogP contribution in [0.25, 0.3) is 0 Å². The van der Waals surface area contributed by atoms with Gasteiger partial charge < -0.3 is 9.47 Å². The van der Waals surface area contributed by atoms with Crippen molar-refractivity contribution >= 4 is 6.09 Å². The van der Waals surface area contributed by atoms with E-state index in [9.17, 15) is 9.18 Å². The monoisotopic (exact) mass is 197 g/mol. The molecular weight excluding hydrogens is 189 g/mol. The Hall–Kier alpha value is -1.62. The van der Waals surface area contributed by atoms with Gasteiger partial charge in [-0.05, 0) is 6.07 Å². The third kappa shape index (κ3) is 1.31. The summed E-state index contributed by atoms with van der Waals surface area (Å²) in [6.07, 6.45) is -1.36. The summed E-state index contributed by atoms with van der Waals surface area (Å²) >= 11 is 0. The van der Waals surface area contributed by atoms with Crippen LogP contribution in [-0.4, -0.2) is 13.2 Å². The molecule has 0 radical (unpaired) electrons. The van der Waals surface area contributed by atoms with E-state index in [2.05, 4.69) is 10.1 Å². The van der Waals surface area contributed by atoms with Crippen LogP contribution in [-0.2, 0) is 4.74 Å². The van der Waals surface area contributed by atoms with E-state index in [4.69, 9.17) is 4.74 Å². The molecule has 2 rings (SSSR count). The van der Waals surface area contributed by atoms with Gasteiger partial charge in [-0.25, -0.2) is 9.18 Å². The molecule has 0 saturated carbocycles. The quantitative estimate of drug-likeness (QED) is 0.743. The van der Waals surface area contributed by atoms with Gasteiger partial charge in [0, 0.05) is 12.7 Å². The SMILES string of the molecule is COC1NC(=O)Oc2c(F)cccc21. The molecule has 1 unspecified atom stereocenters. The first-order chi connectivity index (χ1) is 6.72. The Bertz CT molecular complexity index is 380. The van der Waals surface area contributed by atoms with Crippen LogP contribution < -0.4 is 10.1 Å². The van der Waals surface area contributed by atoms with Crippen molar-refractivity contribution in [3.05, 3.63) is 29.6 Å². The molecule has 0 aliphatic carbocycles. The lowest BCUT2D eigenvalue weighted by atomic mass is 10.1. The van der Waals surface area contributed by atoms with Crippen LogP contribution in [0.2, 0.25) is 0 Å². The lowest BCUT2D eigenvalue weighted by molar-refractivity contribution is 0.0600. The van der Waals surface area contributed by atoms with E-state index in [-0.39, 0.29) is 5.75 Å². The Kier molecular flexibility index (Phi) is 2.09. The van der Waals surface area contributed by atoms with Gasteiger partial charge in [-0.15, -0.1) is 0 Å². The summed E-state index contributed by atoms with van der Waals surface area (Å²) in [6.45, 7) is 0. The highest BCUT2D eigenvalue weighted by molar-refractivity contribution is 5.73. The number of hydrogen-bond acceptors (Lipinski definition) is 3. The second kappa shape index (κ2) is 3.26. The number of carbonyl (C=O) groups is 1. The fourth-order valence-electron chi connectivity index (χ4n) is 1.33. The molecule has 1 aliphatic rings. The number of carbonyl (C=O) groups excluding carboxylic acids is 1. The average Bonchev–Trinajstić information content (AvgIpc) is 2.18. The highest BCUT2D eigenvalue weighted by Crippen LogP contribution is 2.31. The van der Waals surface area contributed by atoms with Crippen LogP contribution in [0.5, 0.6) is 5.75 Å². The number of ether oxygens (including phenoxy) is 2. The van der Waals surface area contributed by atoms with Crippen LogP contribution >= 0.6 is 0 Å². The molecule has 14 heavy (non-hydrogen) atoms. The first kappa shape index (κ1) is 8.96. The number of rotatable bonds is 1. The van der Waals surface area contributed by atoms with Gasteiger partial charge >= 0.3 is 6.09 Å². The Labute approximate surface area is 79.6 Å². The highest BCUT2D eigenvalue weighted by Gasteiger charge is 2.27. The molecule has 1 aromatic rings. The Morgan fingerprint density at radius 2 is 2.36 bits per heavy atom. The van der Waals surface area contributed by atoms with Crippen molar-refractivity contribution < 1.29 is 18.7 Å². The molecule has 1 amide bonds. The number of hydrogen-bond donors (Lipinski definition) is 1. The van der Waals surface area contributed by atoms with E-state index in [1.54, 1.807) is 6.07 Å². The maximum absolute atomic E-state index is 13.2. The van der Waals surface area contributed by atoms with E-state index in [0.717, 1.165) is 0 Å². The molecule has 5 heteroatoms. The van der Waals surface area contributed by atoms with Gasteiger partial charge in [-0.1, -0.05) is 12.1 Å². The van der Waals surface area contributed by atoms with Crippen LogP contribution in [0.3, 0.4) is 0 Å². The van der Waals surface area contributed by atoms with Crippen molar-refractivity contribution in [2.24, 2.45) is 0 Å². The predicted molar refractivity (Wildman–Crippen MR) is 45.3 cm³/mol. The van der Waals surface area contributed by atoms with E-state index in [1.807, 2.05) is 0 Å². The second-order valence-corrected chi connectivity index (χ2v) is 2.81. The normalized spacial score (nSPS) is 19.6. The van der Waals surface area contributed by atoms with Crippen LogP contribution in [0.15, 0.2) is 18.2 Å². The van der Waals surface area contributed by atoms with Gasteiger partial charge in [0.05, 0.1) is 0 Å². The van der Waals surface area contributed by atoms with Crippen molar-refractivity contribution in [1.82, 2.24) is 5.32 Å². The minimum absolute atomic E-state index is 0.0666. The van der Waals surface area contributed by atoms with Crippen molar-refractivity contribution in [2.75, 3.05) is 7.11 Å². The number of amides is 1. The second-order valence-electron chi connectivity index (χ2n) is 2.81. The van der Waals surface area contributed by atoms with E-state index in [0.29, 0.717) is 5.56 Å². The standard InChI is InChI=1S/C9H8FNO3/c1-13-8-5-3-2-4-6(10)7(5)14-9(12)11-8/h2-4,8H,1H3,(H,11,12). The number of fused-ring (bicyclic) bond motifs is 1. The molecule has 1 aromatic carbocycles. The largest absolute Gasteiger partial charge is 0.415 e. The van der Waals surface area contributed by atoms with Gasteiger partial charge in [0.2, 0.25) is 0 Å². The molecule has 4 nitrogen and oxygen atoms in total. The van der Waals surface area contributed by atoms with E-state index >= 15 is 0 Å². The number of halogens is 1. The highest BCUT2D eigenvalue weighted by atomic mass is 19.1. The summed E-state index contributed by atoms with van der Waals surface area (Å²) < 4.78 is 22.8. The summed E-state index contributed by atoms with van der Waals surface area (Å²) in [6, 6.07) is 4.39. The van der Waals surface area contributed by atoms with Crippen molar-refractivity contribution in [2.45, 2.75) is 6.23 Å². The third-order valence-electron chi connectivity index (χ3n) is 1.96. The summed E-state index contributed by atoms with van der Waals surface area (Å²) in [5, 5.41) is 2.40. The van der Waals surface area contributed by atoms with E-state index in [1.165, 1.54) is 19.2 Å². The average molecular weight is 197 g/mol. The summed E-state index contributed by atoms with van der Waals surface area (Å²) in [4.78, 5) is 11.0. The van der Waals surface area contributed by atoms with E-state index < -0.39 is 18.1 Å². The summed E-state index contributed by atoms with van der Waals surface area (Å²) in [5.41, 5.74) is 0.479. The van der Waals surface area contributed by atoms with Crippen molar-refractivity contribution in [3.63, 3.8) is 0 Å². The Morgan fingerprint density at radius 1 is 1.57 bits per heavy atom. The molecule has 1 heterocycles. The maximum Gasteiger partial charge on any atom is 0.415 e. The molecule has 0 saturated heterocycles. The molecule has 0 aromatic heterocycles. The number of benzene rings is 1. The summed E-state index contributed by atoms with van der Waals surface area (Å²) in [5.74, 6) is -0.637. The Morgan fingerprint density at radius 3 is 3.07 bits per heavy atom. The van der Waals surface area contributed by atoms with Crippen LogP contribution in [0, 0.1) is 5.82 Å². The molecule has 1 atom stereocenters. The van der Waals surface area contributed by atoms with Crippen molar-refractivity contribution in [3.8, 4) is 5.75 Å². The minimum atomic E-state index is -0.713. The molecular formula is C9H8FNO3. The molecule has 74 valence electrons. The lowest BCUT2D eigenvalue weighted by Gasteiger charge is -2.24. The predicted octanol–water partition coefficient (Wildman–Crippen LogP) is 1.57. The molecule has 1 N–H and O–H groups in total. The minimum Gasteiger partial charge on any atom is -0.407 e. The van der Waals surface area contributed by atoms with Gasteiger partial charge in [0.15, 0.2) is 17.8 Å². The first-order valence-corrected chi connectivity index (χ1v) is 4.02. The molecule has 0 bridgehead atoms. The first-order valence-electron chi connectivity index (χ1n) is 4.02. The van der Waals surface area contributed by atoms with Crippen molar-refractivity contribution in [1.29, 1.82) is 0 Å². The fourth-order valence-corrected chi connectivity index (χ4v) is 1.33. The van der Waals surface area contributed by atoms with Gasteiger partial charge in [-0.2, -0.15) is 0 Å². The third-order valence-corrected chi connectivity index (χ3v) is 1.96. The number of nitrogens with one attached hydrogen (secondary N) is 1.